The van der Waals surface area contributed by atoms with E-state index in [1.807, 2.05) is 30.3 Å². The van der Waals surface area contributed by atoms with Crippen molar-refractivity contribution in [2.45, 2.75) is 6.54 Å². The van der Waals surface area contributed by atoms with E-state index in [1.54, 1.807) is 0 Å². The Bertz CT molecular complexity index is 1300. The number of nitrogens with two attached hydrogens (primary N) is 1. The van der Waals surface area contributed by atoms with Crippen LogP contribution in [0.3, 0.4) is 0 Å². The van der Waals surface area contributed by atoms with Gasteiger partial charge >= 0.3 is 0 Å². The van der Waals surface area contributed by atoms with Gasteiger partial charge in [-0.25, -0.2) is 9.47 Å². The molecule has 5 aromatic rings. The van der Waals surface area contributed by atoms with Gasteiger partial charge in [0.2, 0.25) is 0 Å². The molecule has 0 amide bonds. The number of benzene rings is 4. The summed E-state index contributed by atoms with van der Waals surface area (Å²) in [5, 5.41) is 3.99. The van der Waals surface area contributed by atoms with Crippen molar-refractivity contribution < 1.29 is 21.5 Å². The second kappa shape index (κ2) is 9.19. The van der Waals surface area contributed by atoms with E-state index in [0.717, 1.165) is 18.8 Å². The molecule has 0 spiro atoms. The van der Waals surface area contributed by atoms with Crippen LogP contribution in [0, 0.1) is 0 Å². The highest BCUT2D eigenvalue weighted by Gasteiger charge is 2.33. The fraction of sp³-hybridized carbons (Fsp3) is 0.0741. The molecule has 2 N–H and O–H groups in total. The predicted octanol–water partition coefficient (Wildman–Crippen LogP) is 2.71. The van der Waals surface area contributed by atoms with Crippen LogP contribution in [0.15, 0.2) is 109 Å². The third-order valence-electron chi connectivity index (χ3n) is 5.58. The second-order valence-corrected chi connectivity index (χ2v) is 7.44. The van der Waals surface area contributed by atoms with Crippen molar-refractivity contribution in [2.24, 2.45) is 0 Å². The maximum Gasteiger partial charge on any atom is 0.290 e. The van der Waals surface area contributed by atoms with Crippen LogP contribution in [0.5, 0.6) is 0 Å². The van der Waals surface area contributed by atoms with E-state index in [0.29, 0.717) is 0 Å². The Labute approximate surface area is 193 Å². The Balaban J connectivity index is 0.000000249. The van der Waals surface area contributed by atoms with Crippen LogP contribution in [0.1, 0.15) is 0 Å². The second-order valence-electron chi connectivity index (χ2n) is 7.44. The monoisotopic (exact) mass is 469 g/mol. The minimum Gasteiger partial charge on any atom is -1.00 e. The number of halogens is 1. The third kappa shape index (κ3) is 3.99. The number of anilines is 3. The molecule has 0 bridgehead atoms. The van der Waals surface area contributed by atoms with Gasteiger partial charge < -0.3 is 22.7 Å². The maximum atomic E-state index is 5.36. The number of hydrogen-bond acceptors (Lipinski definition) is 2. The van der Waals surface area contributed by atoms with Crippen LogP contribution in [-0.2, 0) is 6.54 Å². The SMILES string of the molecule is Nc1ccccc1.[Br-].c1ccc(N2CC[n+]3c2c2ccccc2c2ccccc23)cc1. The van der Waals surface area contributed by atoms with Crippen LogP contribution in [0.25, 0.3) is 21.7 Å². The van der Waals surface area contributed by atoms with Gasteiger partial charge in [-0.15, -0.1) is 0 Å². The molecule has 1 aliphatic heterocycles. The van der Waals surface area contributed by atoms with E-state index < -0.39 is 0 Å². The van der Waals surface area contributed by atoms with Gasteiger partial charge in [-0.05, 0) is 36.4 Å². The standard InChI is InChI=1S/C21H17N2.C6H7N.BrH/c1-2-8-16(9-3-1)22-14-15-23-20-13-7-6-11-18(20)17-10-4-5-12-19(17)21(22)23;7-6-4-2-1-3-5-6;/h1-13H,14-15H2;1-5H,7H2;1H/q+1;;/p-1. The molecule has 0 saturated heterocycles. The fourth-order valence-corrected chi connectivity index (χ4v) is 4.24. The van der Waals surface area contributed by atoms with Gasteiger partial charge in [0.1, 0.15) is 24.3 Å². The van der Waals surface area contributed by atoms with Gasteiger partial charge in [-0.1, -0.05) is 72.8 Å². The van der Waals surface area contributed by atoms with E-state index in [1.165, 1.54) is 33.2 Å². The Morgan fingerprint density at radius 1 is 0.613 bits per heavy atom. The molecule has 3 nitrogen and oxygen atoms in total. The lowest BCUT2D eigenvalue weighted by Gasteiger charge is -2.13. The van der Waals surface area contributed by atoms with E-state index in [4.69, 9.17) is 5.73 Å². The molecule has 1 aromatic heterocycles. The summed E-state index contributed by atoms with van der Waals surface area (Å²) in [5.41, 5.74) is 8.76. The molecule has 0 unspecified atom stereocenters. The van der Waals surface area contributed by atoms with Crippen LogP contribution in [0.4, 0.5) is 17.2 Å². The summed E-state index contributed by atoms with van der Waals surface area (Å²) in [6.45, 7) is 2.04. The Morgan fingerprint density at radius 3 is 1.81 bits per heavy atom. The molecule has 31 heavy (non-hydrogen) atoms. The largest absolute Gasteiger partial charge is 1.00 e. The molecule has 2 heterocycles. The first-order chi connectivity index (χ1) is 14.8. The lowest BCUT2D eigenvalue weighted by molar-refractivity contribution is -0.643. The van der Waals surface area contributed by atoms with Crippen molar-refractivity contribution >= 4 is 38.9 Å². The van der Waals surface area contributed by atoms with Crippen molar-refractivity contribution in [3.05, 3.63) is 109 Å². The highest BCUT2D eigenvalue weighted by atomic mass is 79.9. The molecular weight excluding hydrogens is 446 g/mol. The van der Waals surface area contributed by atoms with Gasteiger partial charge in [-0.3, -0.25) is 0 Å². The van der Waals surface area contributed by atoms with E-state index >= 15 is 0 Å². The van der Waals surface area contributed by atoms with Crippen molar-refractivity contribution in [3.63, 3.8) is 0 Å². The molecule has 4 heteroatoms. The summed E-state index contributed by atoms with van der Waals surface area (Å²) in [6, 6.07) is 37.7. The summed E-state index contributed by atoms with van der Waals surface area (Å²) in [4.78, 5) is 2.44. The zero-order valence-corrected chi connectivity index (χ0v) is 18.7. The lowest BCUT2D eigenvalue weighted by atomic mass is 10.1. The molecule has 0 saturated carbocycles. The van der Waals surface area contributed by atoms with Crippen molar-refractivity contribution in [1.29, 1.82) is 0 Å². The number of para-hydroxylation sites is 3. The number of nitrogen functional groups attached to an aromatic ring is 1. The first-order valence-corrected chi connectivity index (χ1v) is 10.3. The molecule has 154 valence electrons. The van der Waals surface area contributed by atoms with Gasteiger partial charge in [0.05, 0.1) is 5.39 Å². The average Bonchev–Trinajstić information content (AvgIpc) is 3.27. The molecule has 4 aromatic carbocycles. The normalized spacial score (nSPS) is 12.1. The van der Waals surface area contributed by atoms with Crippen molar-refractivity contribution in [3.8, 4) is 0 Å². The molecule has 6 rings (SSSR count). The van der Waals surface area contributed by atoms with Gasteiger partial charge in [-0.2, -0.15) is 0 Å². The number of nitrogens with zero attached hydrogens (tertiary/aromatic N) is 2. The van der Waals surface area contributed by atoms with Crippen molar-refractivity contribution in [2.75, 3.05) is 17.2 Å². The van der Waals surface area contributed by atoms with Crippen LogP contribution in [0.2, 0.25) is 0 Å². The Morgan fingerprint density at radius 2 is 1.16 bits per heavy atom. The highest BCUT2D eigenvalue weighted by Crippen LogP contribution is 2.35. The number of fused-ring (bicyclic) bond motifs is 6. The van der Waals surface area contributed by atoms with E-state index in [-0.39, 0.29) is 17.0 Å². The molecule has 0 aliphatic carbocycles. The summed E-state index contributed by atoms with van der Waals surface area (Å²) in [7, 11) is 0. The third-order valence-corrected chi connectivity index (χ3v) is 5.58. The van der Waals surface area contributed by atoms with E-state index in [2.05, 4.69) is 88.3 Å². The number of rotatable bonds is 1. The van der Waals surface area contributed by atoms with E-state index in [9.17, 15) is 0 Å². The first kappa shape index (κ1) is 20.9. The molecule has 0 fully saturated rings. The zero-order chi connectivity index (χ0) is 20.3. The minimum atomic E-state index is 0. The molecule has 0 atom stereocenters. The number of pyridine rings is 1. The Hall–Kier alpha value is -3.37. The van der Waals surface area contributed by atoms with Crippen LogP contribution >= 0.6 is 0 Å². The number of hydrogen-bond donors (Lipinski definition) is 1. The first-order valence-electron chi connectivity index (χ1n) is 10.3. The summed E-state index contributed by atoms with van der Waals surface area (Å²) < 4.78 is 2.46. The summed E-state index contributed by atoms with van der Waals surface area (Å²) in [5.74, 6) is 1.31. The van der Waals surface area contributed by atoms with Gasteiger partial charge in [0.25, 0.3) is 5.82 Å². The molecule has 0 radical (unpaired) electrons. The summed E-state index contributed by atoms with van der Waals surface area (Å²) >= 11 is 0. The Kier molecular flexibility index (Phi) is 6.19. The highest BCUT2D eigenvalue weighted by molar-refractivity contribution is 6.08. The quantitative estimate of drug-likeness (QED) is 0.232. The zero-order valence-electron chi connectivity index (χ0n) is 17.2. The lowest BCUT2D eigenvalue weighted by Crippen LogP contribution is -3.00. The van der Waals surface area contributed by atoms with Gasteiger partial charge in [0.15, 0.2) is 0 Å². The van der Waals surface area contributed by atoms with Crippen molar-refractivity contribution in [1.82, 2.24) is 0 Å². The molecule has 1 aliphatic rings. The summed E-state index contributed by atoms with van der Waals surface area (Å²) in [6.07, 6.45) is 0. The van der Waals surface area contributed by atoms with Crippen LogP contribution < -0.4 is 32.2 Å². The average molecular weight is 470 g/mol. The predicted molar refractivity (Wildman–Crippen MR) is 126 cm³/mol. The topological polar surface area (TPSA) is 33.1 Å². The van der Waals surface area contributed by atoms with Crippen LogP contribution in [-0.4, -0.2) is 6.54 Å². The fourth-order valence-electron chi connectivity index (χ4n) is 4.24. The maximum absolute atomic E-state index is 5.36. The molecular formula is C27H24BrN3. The van der Waals surface area contributed by atoms with Gasteiger partial charge in [0, 0.05) is 16.5 Å². The smallest absolute Gasteiger partial charge is 0.290 e. The number of aromatic nitrogens is 1. The minimum absolute atomic E-state index is 0.